The number of amides is 1. The van der Waals surface area contributed by atoms with Crippen LogP contribution in [0.1, 0.15) is 61.9 Å². The highest BCUT2D eigenvalue weighted by molar-refractivity contribution is 5.78. The van der Waals surface area contributed by atoms with Crippen LogP contribution in [0.4, 0.5) is 0 Å². The zero-order chi connectivity index (χ0) is 20.9. The Morgan fingerprint density at radius 3 is 2.50 bits per heavy atom. The average molecular weight is 412 g/mol. The van der Waals surface area contributed by atoms with Crippen molar-refractivity contribution in [3.63, 3.8) is 0 Å². The monoisotopic (exact) mass is 411 g/mol. The second-order valence-corrected chi connectivity index (χ2v) is 8.71. The predicted molar refractivity (Wildman–Crippen MR) is 117 cm³/mol. The Labute approximate surface area is 178 Å². The van der Waals surface area contributed by atoms with Crippen LogP contribution in [-0.4, -0.2) is 51.3 Å². The first-order valence-electron chi connectivity index (χ1n) is 11.3. The Hall–Kier alpha value is -2.41. The topological polar surface area (TPSA) is 72.2 Å². The molecule has 1 aliphatic carbocycles. The molecule has 162 valence electrons. The quantitative estimate of drug-likeness (QED) is 0.758. The van der Waals surface area contributed by atoms with Gasteiger partial charge in [0.25, 0.3) is 0 Å². The first-order valence-corrected chi connectivity index (χ1v) is 11.3. The molecule has 1 N–H and O–H groups in total. The lowest BCUT2D eigenvalue weighted by Gasteiger charge is -2.31. The molecule has 2 aromatic rings. The Morgan fingerprint density at radius 1 is 1.10 bits per heavy atom. The lowest BCUT2D eigenvalue weighted by atomic mass is 9.95. The Bertz CT molecular complexity index is 890. The van der Waals surface area contributed by atoms with E-state index in [0.717, 1.165) is 51.0 Å². The number of piperidine rings is 1. The second-order valence-electron chi connectivity index (χ2n) is 8.71. The smallest absolute Gasteiger partial charge is 0.345 e. The number of carbonyl (C=O) groups excluding carboxylic acids is 1. The molecule has 2 heterocycles. The van der Waals surface area contributed by atoms with Crippen molar-refractivity contribution in [2.75, 3.05) is 26.2 Å². The number of hydrogen-bond donors (Lipinski definition) is 1. The Balaban J connectivity index is 1.27. The molecule has 0 atom stereocenters. The zero-order valence-corrected chi connectivity index (χ0v) is 17.9. The van der Waals surface area contributed by atoms with Crippen LogP contribution in [0, 0.1) is 0 Å². The van der Waals surface area contributed by atoms with E-state index in [2.05, 4.69) is 27.4 Å². The minimum absolute atomic E-state index is 0.0251. The Kier molecular flexibility index (Phi) is 6.67. The van der Waals surface area contributed by atoms with Gasteiger partial charge < -0.3 is 5.32 Å². The molecule has 1 saturated heterocycles. The van der Waals surface area contributed by atoms with E-state index in [9.17, 15) is 9.59 Å². The summed E-state index contributed by atoms with van der Waals surface area (Å²) in [5, 5.41) is 7.64. The van der Waals surface area contributed by atoms with Gasteiger partial charge in [0.2, 0.25) is 5.91 Å². The number of aryl methyl sites for hydroxylation is 1. The fraction of sp³-hybridized carbons (Fsp3) is 0.609. The SMILES string of the molecule is Cn1nc(C2CCN(CC(=O)NCCc3ccccc3)CC2)n(C2CCCC2)c1=O. The first-order chi connectivity index (χ1) is 14.6. The lowest BCUT2D eigenvalue weighted by Crippen LogP contribution is -2.42. The molecule has 1 aliphatic heterocycles. The molecule has 7 heteroatoms. The first kappa shape index (κ1) is 20.8. The van der Waals surface area contributed by atoms with E-state index in [-0.39, 0.29) is 11.6 Å². The molecule has 1 aromatic heterocycles. The molecule has 30 heavy (non-hydrogen) atoms. The molecule has 2 aliphatic rings. The van der Waals surface area contributed by atoms with E-state index in [1.165, 1.54) is 23.1 Å². The summed E-state index contributed by atoms with van der Waals surface area (Å²) >= 11 is 0. The maximum Gasteiger partial charge on any atom is 0.345 e. The summed E-state index contributed by atoms with van der Waals surface area (Å²) in [5.41, 5.74) is 1.26. The molecule has 0 bridgehead atoms. The normalized spacial score (nSPS) is 18.7. The molecule has 0 unspecified atom stereocenters. The van der Waals surface area contributed by atoms with Crippen molar-refractivity contribution < 1.29 is 4.79 Å². The minimum atomic E-state index is 0.0251. The van der Waals surface area contributed by atoms with Gasteiger partial charge in [-0.25, -0.2) is 9.48 Å². The zero-order valence-electron chi connectivity index (χ0n) is 17.9. The van der Waals surface area contributed by atoms with Gasteiger partial charge in [-0.05, 0) is 50.8 Å². The third-order valence-electron chi connectivity index (χ3n) is 6.57. The summed E-state index contributed by atoms with van der Waals surface area (Å²) < 4.78 is 3.48. The van der Waals surface area contributed by atoms with Crippen LogP contribution in [0.15, 0.2) is 35.1 Å². The summed E-state index contributed by atoms with van der Waals surface area (Å²) in [6, 6.07) is 10.5. The number of hydrogen-bond acceptors (Lipinski definition) is 4. The van der Waals surface area contributed by atoms with E-state index in [1.807, 2.05) is 22.8 Å². The number of aromatic nitrogens is 3. The van der Waals surface area contributed by atoms with Gasteiger partial charge in [0.15, 0.2) is 0 Å². The van der Waals surface area contributed by atoms with Gasteiger partial charge >= 0.3 is 5.69 Å². The summed E-state index contributed by atoms with van der Waals surface area (Å²) in [5.74, 6) is 1.35. The Morgan fingerprint density at radius 2 is 1.80 bits per heavy atom. The molecule has 0 spiro atoms. The van der Waals surface area contributed by atoms with Crippen LogP contribution in [0.25, 0.3) is 0 Å². The van der Waals surface area contributed by atoms with Crippen molar-refractivity contribution in [1.82, 2.24) is 24.6 Å². The van der Waals surface area contributed by atoms with Crippen molar-refractivity contribution in [2.45, 2.75) is 56.9 Å². The number of carbonyl (C=O) groups is 1. The molecule has 1 amide bonds. The maximum atomic E-state index is 12.6. The minimum Gasteiger partial charge on any atom is -0.355 e. The summed E-state index contributed by atoms with van der Waals surface area (Å²) in [4.78, 5) is 27.2. The van der Waals surface area contributed by atoms with E-state index in [4.69, 9.17) is 0 Å². The van der Waals surface area contributed by atoms with Gasteiger partial charge in [-0.2, -0.15) is 5.10 Å². The lowest BCUT2D eigenvalue weighted by molar-refractivity contribution is -0.122. The van der Waals surface area contributed by atoms with Gasteiger partial charge in [-0.3, -0.25) is 14.3 Å². The number of likely N-dealkylation sites (tertiary alicyclic amines) is 1. The van der Waals surface area contributed by atoms with Gasteiger partial charge in [0.05, 0.1) is 6.54 Å². The van der Waals surface area contributed by atoms with E-state index < -0.39 is 0 Å². The van der Waals surface area contributed by atoms with Gasteiger partial charge in [0.1, 0.15) is 5.82 Å². The number of nitrogens with zero attached hydrogens (tertiary/aromatic N) is 4. The fourth-order valence-electron chi connectivity index (χ4n) is 4.88. The largest absolute Gasteiger partial charge is 0.355 e. The predicted octanol–water partition coefficient (Wildman–Crippen LogP) is 2.24. The summed E-state index contributed by atoms with van der Waals surface area (Å²) in [6.45, 7) is 2.85. The van der Waals surface area contributed by atoms with Crippen molar-refractivity contribution in [3.05, 3.63) is 52.2 Å². The van der Waals surface area contributed by atoms with Gasteiger partial charge in [-0.1, -0.05) is 43.2 Å². The van der Waals surface area contributed by atoms with Crippen LogP contribution in [0.2, 0.25) is 0 Å². The second kappa shape index (κ2) is 9.60. The molecule has 1 aromatic carbocycles. The van der Waals surface area contributed by atoms with E-state index in [1.54, 1.807) is 7.05 Å². The van der Waals surface area contributed by atoms with Crippen molar-refractivity contribution in [2.24, 2.45) is 7.05 Å². The van der Waals surface area contributed by atoms with Crippen molar-refractivity contribution >= 4 is 5.91 Å². The third kappa shape index (κ3) is 4.83. The van der Waals surface area contributed by atoms with Crippen molar-refractivity contribution in [1.29, 1.82) is 0 Å². The number of nitrogens with one attached hydrogen (secondary N) is 1. The molecular formula is C23H33N5O2. The molecule has 0 radical (unpaired) electrons. The highest BCUT2D eigenvalue weighted by Gasteiger charge is 2.30. The van der Waals surface area contributed by atoms with Crippen molar-refractivity contribution in [3.8, 4) is 0 Å². The molecular weight excluding hydrogens is 378 g/mol. The molecule has 1 saturated carbocycles. The standard InChI is InChI=1S/C23H33N5O2/c1-26-23(30)28(20-9-5-6-10-20)22(25-26)19-12-15-27(16-13-19)17-21(29)24-14-11-18-7-3-2-4-8-18/h2-4,7-8,19-20H,5-6,9-17H2,1H3,(H,24,29). The van der Waals surface area contributed by atoms with Gasteiger partial charge in [-0.15, -0.1) is 0 Å². The average Bonchev–Trinajstić information content (AvgIpc) is 3.38. The van der Waals surface area contributed by atoms with Crippen LogP contribution < -0.4 is 11.0 Å². The highest BCUT2D eigenvalue weighted by Crippen LogP contribution is 2.33. The summed E-state index contributed by atoms with van der Waals surface area (Å²) in [6.07, 6.45) is 7.31. The molecule has 4 rings (SSSR count). The molecule has 7 nitrogen and oxygen atoms in total. The fourth-order valence-corrected chi connectivity index (χ4v) is 4.88. The number of benzene rings is 1. The van der Waals surface area contributed by atoms with Crippen LogP contribution in [0.5, 0.6) is 0 Å². The van der Waals surface area contributed by atoms with Crippen LogP contribution >= 0.6 is 0 Å². The molecule has 2 fully saturated rings. The van der Waals surface area contributed by atoms with E-state index >= 15 is 0 Å². The van der Waals surface area contributed by atoms with Crippen LogP contribution in [0.3, 0.4) is 0 Å². The maximum absolute atomic E-state index is 12.6. The third-order valence-corrected chi connectivity index (χ3v) is 6.57. The van der Waals surface area contributed by atoms with Crippen LogP contribution in [-0.2, 0) is 18.3 Å². The van der Waals surface area contributed by atoms with Gasteiger partial charge in [0, 0.05) is 25.6 Å². The summed E-state index contributed by atoms with van der Waals surface area (Å²) in [7, 11) is 1.76. The number of rotatable bonds is 7. The van der Waals surface area contributed by atoms with E-state index in [0.29, 0.717) is 25.0 Å². The highest BCUT2D eigenvalue weighted by atomic mass is 16.2.